The van der Waals surface area contributed by atoms with Crippen molar-refractivity contribution in [2.24, 2.45) is 0 Å². The van der Waals surface area contributed by atoms with Gasteiger partial charge >= 0.3 is 21.5 Å². The first-order valence-electron chi connectivity index (χ1n) is 16.5. The number of benzene rings is 2. The van der Waals surface area contributed by atoms with Crippen molar-refractivity contribution in [1.29, 1.82) is 0 Å². The number of aliphatic hydroxyl groups is 1. The molecule has 12 heteroatoms. The van der Waals surface area contributed by atoms with Crippen LogP contribution in [0.15, 0.2) is 42.5 Å². The lowest BCUT2D eigenvalue weighted by molar-refractivity contribution is -0.0894. The lowest BCUT2D eigenvalue weighted by Crippen LogP contribution is -2.50. The van der Waals surface area contributed by atoms with E-state index >= 15 is 0 Å². The molecule has 5 rings (SSSR count). The molecule has 251 valence electrons. The molecule has 2 atom stereocenters. The molecule has 0 spiro atoms. The molecule has 3 heterocycles. The predicted octanol–water partition coefficient (Wildman–Crippen LogP) is 5.03. The van der Waals surface area contributed by atoms with Crippen molar-refractivity contribution in [1.82, 2.24) is 4.90 Å². The summed E-state index contributed by atoms with van der Waals surface area (Å²) in [6.45, 7) is 23.0. The van der Waals surface area contributed by atoms with Gasteiger partial charge in [0.05, 0.1) is 50.8 Å². The van der Waals surface area contributed by atoms with Gasteiger partial charge in [-0.15, -0.1) is 0 Å². The second-order valence-corrected chi connectivity index (χ2v) is 15.9. The predicted molar refractivity (Wildman–Crippen MR) is 183 cm³/mol. The number of imide groups is 1. The van der Waals surface area contributed by atoms with Crippen LogP contribution in [0.25, 0.3) is 0 Å². The molecule has 1 N–H and O–H groups in total. The Balaban J connectivity index is 1.43. The van der Waals surface area contributed by atoms with E-state index in [0.717, 1.165) is 16.6 Å². The summed E-state index contributed by atoms with van der Waals surface area (Å²) in [6, 6.07) is 12.4. The Morgan fingerprint density at radius 2 is 1.40 bits per heavy atom. The van der Waals surface area contributed by atoms with Crippen LogP contribution in [0, 0.1) is 0 Å². The summed E-state index contributed by atoms with van der Waals surface area (Å²) in [7, 11) is 0.194. The summed E-state index contributed by atoms with van der Waals surface area (Å²) in [6.07, 6.45) is 1.12. The van der Waals surface area contributed by atoms with Crippen LogP contribution in [0.4, 0.5) is 0 Å². The lowest BCUT2D eigenvalue weighted by Gasteiger charge is -2.37. The summed E-state index contributed by atoms with van der Waals surface area (Å²) >= 11 is 0. The maximum Gasteiger partial charge on any atom is 0.494 e. The maximum atomic E-state index is 13.5. The molecule has 47 heavy (non-hydrogen) atoms. The van der Waals surface area contributed by atoms with Crippen LogP contribution in [0.1, 0.15) is 127 Å². The van der Waals surface area contributed by atoms with Gasteiger partial charge in [0, 0.05) is 0 Å². The van der Waals surface area contributed by atoms with Crippen molar-refractivity contribution in [3.63, 3.8) is 0 Å². The normalized spacial score (nSPS) is 24.2. The molecule has 0 bridgehead atoms. The van der Waals surface area contributed by atoms with Gasteiger partial charge in [0.2, 0.25) is 0 Å². The topological polar surface area (TPSA) is 104 Å². The fourth-order valence-corrected chi connectivity index (χ4v) is 6.07. The standard InChI is InChI=1S/C35H49B3NO8/c1-22(39-28(40)26-15-13-14-16-27(26)29(39)41)25-18-17-24(37-44-32(6,7)33(8,9)45-37)21-23(25)19-20-35(12)34(10,11)46-38(47-35)36-43-31(4,5)30(2,3)42/h13-18,21-22,42H,19-20H2,1-12H3. The third kappa shape index (κ3) is 6.38. The first-order chi connectivity index (χ1) is 21.5. The SMILES string of the molecule is CC(c1ccc(B2OC(C)(C)C(C)(C)O2)cc1CCC1(C)OB([B]OC(C)(C)C(C)(C)O)OC1(C)C)N1C(=O)c2ccccc2C1=O. The van der Waals surface area contributed by atoms with Gasteiger partial charge in [-0.3, -0.25) is 14.5 Å². The largest absolute Gasteiger partial charge is 0.494 e. The van der Waals surface area contributed by atoms with Crippen molar-refractivity contribution >= 4 is 38.8 Å². The van der Waals surface area contributed by atoms with E-state index in [0.29, 0.717) is 24.0 Å². The molecule has 3 aliphatic heterocycles. The third-order valence-corrected chi connectivity index (χ3v) is 11.2. The molecule has 3 aliphatic rings. The molecule has 2 unspecified atom stereocenters. The van der Waals surface area contributed by atoms with Gasteiger partial charge in [-0.05, 0) is 125 Å². The fourth-order valence-electron chi connectivity index (χ4n) is 6.07. The molecule has 2 amide bonds. The van der Waals surface area contributed by atoms with Crippen LogP contribution < -0.4 is 5.46 Å². The number of amides is 2. The quantitative estimate of drug-likeness (QED) is 0.284. The van der Waals surface area contributed by atoms with Crippen molar-refractivity contribution in [3.05, 3.63) is 64.7 Å². The number of carbonyl (C=O) groups excluding carboxylic acids is 2. The van der Waals surface area contributed by atoms with Crippen LogP contribution in [-0.4, -0.2) is 76.9 Å². The highest BCUT2D eigenvalue weighted by Gasteiger charge is 2.55. The van der Waals surface area contributed by atoms with Crippen molar-refractivity contribution in [2.45, 2.75) is 136 Å². The van der Waals surface area contributed by atoms with Gasteiger partial charge in [-0.25, -0.2) is 0 Å². The Hall–Kier alpha value is -2.47. The first kappa shape index (κ1) is 35.8. The summed E-state index contributed by atoms with van der Waals surface area (Å²) < 4.78 is 31.5. The zero-order valence-corrected chi connectivity index (χ0v) is 30.0. The van der Waals surface area contributed by atoms with Gasteiger partial charge in [-0.2, -0.15) is 0 Å². The van der Waals surface area contributed by atoms with E-state index in [-0.39, 0.29) is 11.8 Å². The van der Waals surface area contributed by atoms with E-state index in [1.54, 1.807) is 38.1 Å². The summed E-state index contributed by atoms with van der Waals surface area (Å²) in [5, 5.41) is 10.5. The number of hydrogen-bond acceptors (Lipinski definition) is 8. The zero-order valence-electron chi connectivity index (χ0n) is 30.0. The first-order valence-corrected chi connectivity index (χ1v) is 16.5. The second-order valence-electron chi connectivity index (χ2n) is 15.9. The highest BCUT2D eigenvalue weighted by Crippen LogP contribution is 2.42. The maximum absolute atomic E-state index is 13.5. The Labute approximate surface area is 281 Å². The van der Waals surface area contributed by atoms with Crippen molar-refractivity contribution < 1.29 is 38.0 Å². The number of carbonyl (C=O) groups is 2. The smallest absolute Gasteiger partial charge is 0.435 e. The number of aryl methyl sites for hydroxylation is 1. The molecule has 2 saturated heterocycles. The van der Waals surface area contributed by atoms with E-state index in [4.69, 9.17) is 23.3 Å². The Bertz CT molecular complexity index is 1500. The second kappa shape index (κ2) is 11.8. The van der Waals surface area contributed by atoms with Crippen molar-refractivity contribution in [3.8, 4) is 0 Å². The molecule has 1 radical (unpaired) electrons. The molecule has 0 aliphatic carbocycles. The lowest BCUT2D eigenvalue weighted by atomic mass is 9.55. The van der Waals surface area contributed by atoms with Crippen LogP contribution in [-0.2, 0) is 29.7 Å². The molecule has 2 fully saturated rings. The molecular weight excluding hydrogens is 595 g/mol. The molecule has 2 aromatic carbocycles. The van der Waals surface area contributed by atoms with E-state index in [1.807, 2.05) is 81.4 Å². The highest BCUT2D eigenvalue weighted by atomic mass is 16.7. The summed E-state index contributed by atoms with van der Waals surface area (Å²) in [5.74, 6) is -0.598. The Kier molecular flexibility index (Phi) is 9.03. The Morgan fingerprint density at radius 1 is 0.851 bits per heavy atom. The minimum atomic E-state index is -1.09. The number of rotatable bonds is 10. The molecule has 9 nitrogen and oxygen atoms in total. The molecule has 0 aromatic heterocycles. The van der Waals surface area contributed by atoms with Gasteiger partial charge in [0.25, 0.3) is 11.8 Å². The van der Waals surface area contributed by atoms with Crippen LogP contribution in [0.2, 0.25) is 0 Å². The molecular formula is C35H49B3NO8. The summed E-state index contributed by atoms with van der Waals surface area (Å²) in [4.78, 5) is 28.3. The average molecular weight is 644 g/mol. The van der Waals surface area contributed by atoms with Crippen molar-refractivity contribution in [2.75, 3.05) is 0 Å². The highest BCUT2D eigenvalue weighted by molar-refractivity contribution is 7.03. The minimum absolute atomic E-state index is 0.299. The van der Waals surface area contributed by atoms with Crippen LogP contribution in [0.3, 0.4) is 0 Å². The van der Waals surface area contributed by atoms with Gasteiger partial charge in [-0.1, -0.05) is 30.3 Å². The summed E-state index contributed by atoms with van der Waals surface area (Å²) in [5.41, 5.74) is -0.882. The van der Waals surface area contributed by atoms with E-state index in [9.17, 15) is 14.7 Å². The van der Waals surface area contributed by atoms with Crippen LogP contribution >= 0.6 is 0 Å². The monoisotopic (exact) mass is 644 g/mol. The molecule has 2 aromatic rings. The van der Waals surface area contributed by atoms with Crippen LogP contribution in [0.5, 0.6) is 0 Å². The van der Waals surface area contributed by atoms with E-state index in [1.165, 1.54) is 12.3 Å². The zero-order chi connectivity index (χ0) is 35.0. The fraction of sp³-hybridized carbons (Fsp3) is 0.600. The van der Waals surface area contributed by atoms with E-state index < -0.39 is 53.8 Å². The number of hydrogen-bond donors (Lipinski definition) is 1. The van der Waals surface area contributed by atoms with Gasteiger partial charge in [0.1, 0.15) is 0 Å². The average Bonchev–Trinajstić information content (AvgIpc) is 3.46. The third-order valence-electron chi connectivity index (χ3n) is 11.2. The van der Waals surface area contributed by atoms with Gasteiger partial charge in [0.15, 0.2) is 0 Å². The minimum Gasteiger partial charge on any atom is -0.435 e. The number of nitrogens with zero attached hydrogens (tertiary/aromatic N) is 1. The Morgan fingerprint density at radius 3 is 1.94 bits per heavy atom. The van der Waals surface area contributed by atoms with Gasteiger partial charge < -0.3 is 28.4 Å². The number of fused-ring (bicyclic) bond motifs is 1. The van der Waals surface area contributed by atoms with E-state index in [2.05, 4.69) is 6.07 Å². The molecule has 0 saturated carbocycles.